The second-order valence-corrected chi connectivity index (χ2v) is 8.98. The van der Waals surface area contributed by atoms with E-state index in [1.54, 1.807) is 0 Å². The Hall–Kier alpha value is -2.63. The summed E-state index contributed by atoms with van der Waals surface area (Å²) in [5.74, 6) is 0.913. The van der Waals surface area contributed by atoms with Crippen molar-refractivity contribution in [3.8, 4) is 5.75 Å². The molecular formula is C23H20OP+. The normalized spacial score (nSPS) is 13.5. The summed E-state index contributed by atoms with van der Waals surface area (Å²) in [6.45, 7) is 0. The van der Waals surface area contributed by atoms with Gasteiger partial charge < -0.3 is 4.52 Å². The zero-order valence-electron chi connectivity index (χ0n) is 14.0. The summed E-state index contributed by atoms with van der Waals surface area (Å²) < 4.78 is 6.86. The Balaban J connectivity index is 1.94. The van der Waals surface area contributed by atoms with Crippen molar-refractivity contribution in [1.82, 2.24) is 0 Å². The van der Waals surface area contributed by atoms with E-state index in [2.05, 4.69) is 78.9 Å². The lowest BCUT2D eigenvalue weighted by Crippen LogP contribution is -2.27. The van der Waals surface area contributed by atoms with Crippen molar-refractivity contribution in [3.05, 3.63) is 115 Å². The van der Waals surface area contributed by atoms with Gasteiger partial charge in [-0.2, -0.15) is 0 Å². The quantitative estimate of drug-likeness (QED) is 0.556. The van der Waals surface area contributed by atoms with Gasteiger partial charge in [-0.1, -0.05) is 66.7 Å². The molecule has 0 bridgehead atoms. The average Bonchev–Trinajstić information content (AvgIpc) is 3.23. The Kier molecular flexibility index (Phi) is 4.50. The molecule has 122 valence electrons. The fraction of sp³-hybridized carbons (Fsp3) is 0.0435. The molecule has 1 nitrogen and oxygen atoms in total. The first-order chi connectivity index (χ1) is 12.4. The van der Waals surface area contributed by atoms with Crippen molar-refractivity contribution in [1.29, 1.82) is 0 Å². The summed E-state index contributed by atoms with van der Waals surface area (Å²) in [5, 5.41) is 3.86. The maximum absolute atomic E-state index is 6.86. The third-order valence-corrected chi connectivity index (χ3v) is 8.06. The van der Waals surface area contributed by atoms with E-state index in [0.717, 1.165) is 12.2 Å². The zero-order valence-corrected chi connectivity index (χ0v) is 14.8. The minimum Gasteiger partial charge on any atom is -0.335 e. The molecule has 0 saturated heterocycles. The van der Waals surface area contributed by atoms with Crippen LogP contribution in [0.5, 0.6) is 5.75 Å². The van der Waals surface area contributed by atoms with E-state index in [1.165, 1.54) is 15.9 Å². The van der Waals surface area contributed by atoms with Gasteiger partial charge in [-0.05, 0) is 42.5 Å². The van der Waals surface area contributed by atoms with E-state index < -0.39 is 7.49 Å². The molecular weight excluding hydrogens is 323 g/mol. The molecule has 0 heterocycles. The summed E-state index contributed by atoms with van der Waals surface area (Å²) >= 11 is 0. The summed E-state index contributed by atoms with van der Waals surface area (Å²) in [5.41, 5.74) is 0. The van der Waals surface area contributed by atoms with Gasteiger partial charge in [0.15, 0.2) is 5.75 Å². The van der Waals surface area contributed by atoms with Gasteiger partial charge >= 0.3 is 0 Å². The van der Waals surface area contributed by atoms with E-state index in [9.17, 15) is 0 Å². The fourth-order valence-electron chi connectivity index (χ4n) is 3.23. The first-order valence-corrected chi connectivity index (χ1v) is 10.2. The third-order valence-electron chi connectivity index (χ3n) is 4.38. The molecule has 0 amide bonds. The molecule has 0 saturated carbocycles. The van der Waals surface area contributed by atoms with Gasteiger partial charge in [-0.3, -0.25) is 0 Å². The number of hydrogen-bond donors (Lipinski definition) is 0. The van der Waals surface area contributed by atoms with E-state index in [-0.39, 0.29) is 0 Å². The van der Waals surface area contributed by atoms with Crippen LogP contribution in [0.3, 0.4) is 0 Å². The van der Waals surface area contributed by atoms with Crippen molar-refractivity contribution in [2.45, 2.75) is 6.42 Å². The fourth-order valence-corrected chi connectivity index (χ4v) is 6.80. The molecule has 3 aromatic carbocycles. The molecule has 4 rings (SSSR count). The number of hydrogen-bond acceptors (Lipinski definition) is 1. The van der Waals surface area contributed by atoms with Gasteiger partial charge in [0.05, 0.1) is 0 Å². The van der Waals surface area contributed by atoms with Crippen LogP contribution in [0, 0.1) is 0 Å². The topological polar surface area (TPSA) is 9.23 Å². The molecule has 25 heavy (non-hydrogen) atoms. The molecule has 2 heteroatoms. The highest BCUT2D eigenvalue weighted by Crippen LogP contribution is 2.65. The van der Waals surface area contributed by atoms with Crippen LogP contribution in [0.4, 0.5) is 0 Å². The first kappa shape index (κ1) is 15.9. The molecule has 1 aliphatic rings. The number of rotatable bonds is 5. The van der Waals surface area contributed by atoms with Crippen LogP contribution in [0.2, 0.25) is 0 Å². The Morgan fingerprint density at radius 1 is 0.640 bits per heavy atom. The predicted molar refractivity (Wildman–Crippen MR) is 108 cm³/mol. The van der Waals surface area contributed by atoms with E-state index in [0.29, 0.717) is 0 Å². The number of para-hydroxylation sites is 1. The molecule has 0 aromatic heterocycles. The van der Waals surface area contributed by atoms with Crippen molar-refractivity contribution in [2.24, 2.45) is 0 Å². The van der Waals surface area contributed by atoms with Crippen LogP contribution in [-0.4, -0.2) is 0 Å². The van der Waals surface area contributed by atoms with Gasteiger partial charge in [0.2, 0.25) is 0 Å². The van der Waals surface area contributed by atoms with E-state index in [4.69, 9.17) is 4.52 Å². The summed E-state index contributed by atoms with van der Waals surface area (Å²) in [4.78, 5) is 0. The highest BCUT2D eigenvalue weighted by molar-refractivity contribution is 7.89. The first-order valence-electron chi connectivity index (χ1n) is 8.51. The second-order valence-electron chi connectivity index (χ2n) is 5.97. The Labute approximate surface area is 149 Å². The zero-order chi connectivity index (χ0) is 17.0. The maximum atomic E-state index is 6.86. The average molecular weight is 343 g/mol. The number of allylic oxidation sites excluding steroid dienone is 4. The van der Waals surface area contributed by atoms with Crippen LogP contribution in [0.15, 0.2) is 115 Å². The Bertz CT molecular complexity index is 844. The van der Waals surface area contributed by atoms with Crippen LogP contribution in [-0.2, 0) is 0 Å². The summed E-state index contributed by atoms with van der Waals surface area (Å²) in [7, 11) is -2.17. The monoisotopic (exact) mass is 343 g/mol. The second kappa shape index (κ2) is 7.09. The van der Waals surface area contributed by atoms with Gasteiger partial charge in [-0.15, -0.1) is 0 Å². The third kappa shape index (κ3) is 3.04. The molecule has 3 aromatic rings. The molecule has 0 fully saturated rings. The van der Waals surface area contributed by atoms with Crippen molar-refractivity contribution in [2.75, 3.05) is 0 Å². The standard InChI is InChI=1S/C23H20OP/c1-4-12-20(13-5-1)24-25(23-18-10-11-19-23,21-14-6-2-7-15-21)22-16-8-3-9-17-22/h1-18H,19H2/q+1. The van der Waals surface area contributed by atoms with Crippen molar-refractivity contribution >= 4 is 18.1 Å². The van der Waals surface area contributed by atoms with Crippen molar-refractivity contribution in [3.63, 3.8) is 0 Å². The predicted octanol–water partition coefficient (Wildman–Crippen LogP) is 5.49. The minimum absolute atomic E-state index is 0.913. The molecule has 0 N–H and O–H groups in total. The minimum atomic E-state index is -2.17. The molecule has 0 spiro atoms. The van der Waals surface area contributed by atoms with Crippen LogP contribution in [0.25, 0.3) is 0 Å². The van der Waals surface area contributed by atoms with Gasteiger partial charge in [0.1, 0.15) is 15.9 Å². The Morgan fingerprint density at radius 2 is 1.16 bits per heavy atom. The maximum Gasteiger partial charge on any atom is 0.283 e. The number of benzene rings is 3. The molecule has 0 atom stereocenters. The lowest BCUT2D eigenvalue weighted by Gasteiger charge is -2.27. The highest BCUT2D eigenvalue weighted by Gasteiger charge is 2.51. The van der Waals surface area contributed by atoms with Crippen LogP contribution < -0.4 is 15.1 Å². The van der Waals surface area contributed by atoms with Crippen LogP contribution >= 0.6 is 7.49 Å². The SMILES string of the molecule is C1=CCC([P+](Oc2ccccc2)(c2ccccc2)c2ccccc2)=C1. The van der Waals surface area contributed by atoms with Gasteiger partial charge in [0.25, 0.3) is 7.49 Å². The molecule has 0 radical (unpaired) electrons. The molecule has 1 aliphatic carbocycles. The summed E-state index contributed by atoms with van der Waals surface area (Å²) in [6, 6.07) is 31.5. The molecule has 0 aliphatic heterocycles. The van der Waals surface area contributed by atoms with Crippen LogP contribution in [0.1, 0.15) is 6.42 Å². The van der Waals surface area contributed by atoms with E-state index >= 15 is 0 Å². The highest BCUT2D eigenvalue weighted by atomic mass is 31.2. The molecule has 0 unspecified atom stereocenters. The smallest absolute Gasteiger partial charge is 0.283 e. The lowest BCUT2D eigenvalue weighted by atomic mass is 10.3. The lowest BCUT2D eigenvalue weighted by molar-refractivity contribution is 0.616. The van der Waals surface area contributed by atoms with Gasteiger partial charge in [0, 0.05) is 6.42 Å². The van der Waals surface area contributed by atoms with Crippen molar-refractivity contribution < 1.29 is 4.52 Å². The largest absolute Gasteiger partial charge is 0.335 e. The van der Waals surface area contributed by atoms with E-state index in [1.807, 2.05) is 30.3 Å². The van der Waals surface area contributed by atoms with Gasteiger partial charge in [-0.25, -0.2) is 0 Å². The summed E-state index contributed by atoms with van der Waals surface area (Å²) in [6.07, 6.45) is 7.52. The Morgan fingerprint density at radius 3 is 1.64 bits per heavy atom.